The molecule has 0 saturated carbocycles. The Morgan fingerprint density at radius 2 is 1.41 bits per heavy atom. The molecule has 158 valence electrons. The zero-order chi connectivity index (χ0) is 19.9. The molecule has 0 saturated heterocycles. The highest BCUT2D eigenvalue weighted by atomic mass is 16.6. The zero-order valence-corrected chi connectivity index (χ0v) is 16.8. The fourth-order valence-electron chi connectivity index (χ4n) is 3.24. The summed E-state index contributed by atoms with van der Waals surface area (Å²) < 4.78 is 10.1. The van der Waals surface area contributed by atoms with Gasteiger partial charge < -0.3 is 24.8 Å². The van der Waals surface area contributed by atoms with E-state index < -0.39 is 30.5 Å². The maximum Gasteiger partial charge on any atom is 0.378 e. The summed E-state index contributed by atoms with van der Waals surface area (Å²) in [5, 5.41) is 28.2. The van der Waals surface area contributed by atoms with Crippen LogP contribution in [0.3, 0.4) is 0 Å². The van der Waals surface area contributed by atoms with Crippen LogP contribution in [-0.4, -0.2) is 46.7 Å². The van der Waals surface area contributed by atoms with E-state index in [1.54, 1.807) is 0 Å². The van der Waals surface area contributed by atoms with Crippen molar-refractivity contribution < 1.29 is 29.6 Å². The van der Waals surface area contributed by atoms with Gasteiger partial charge in [-0.15, -0.1) is 0 Å². The molecule has 2 atom stereocenters. The molecule has 0 spiro atoms. The molecule has 0 amide bonds. The van der Waals surface area contributed by atoms with E-state index in [1.807, 2.05) is 0 Å². The largest absolute Gasteiger partial charge is 0.505 e. The first-order valence-corrected chi connectivity index (χ1v) is 10.7. The third kappa shape index (κ3) is 9.47. The highest BCUT2D eigenvalue weighted by Gasteiger charge is 2.40. The number of carbonyl (C=O) groups excluding carboxylic acids is 1. The molecule has 1 heterocycles. The monoisotopic (exact) mass is 386 g/mol. The van der Waals surface area contributed by atoms with Crippen LogP contribution in [0.4, 0.5) is 0 Å². The molecule has 27 heavy (non-hydrogen) atoms. The number of hydrogen-bond acceptors (Lipinski definition) is 6. The fraction of sp³-hybridized carbons (Fsp3) is 0.857. The van der Waals surface area contributed by atoms with Crippen LogP contribution in [0.5, 0.6) is 0 Å². The minimum Gasteiger partial charge on any atom is -0.505 e. The Morgan fingerprint density at radius 3 is 1.89 bits per heavy atom. The molecule has 0 aromatic rings. The predicted molar refractivity (Wildman–Crippen MR) is 104 cm³/mol. The van der Waals surface area contributed by atoms with Crippen LogP contribution in [0.1, 0.15) is 90.4 Å². The molecule has 1 aliphatic rings. The lowest BCUT2D eigenvalue weighted by Gasteiger charge is -2.13. The van der Waals surface area contributed by atoms with E-state index in [4.69, 9.17) is 14.6 Å². The first kappa shape index (κ1) is 23.8. The van der Waals surface area contributed by atoms with Crippen LogP contribution in [0.25, 0.3) is 0 Å². The predicted octanol–water partition coefficient (Wildman–Crippen LogP) is 4.14. The van der Waals surface area contributed by atoms with E-state index in [1.165, 1.54) is 64.2 Å². The van der Waals surface area contributed by atoms with Crippen molar-refractivity contribution in [2.45, 2.75) is 103 Å². The highest BCUT2D eigenvalue weighted by Crippen LogP contribution is 2.24. The molecule has 0 aliphatic carbocycles. The van der Waals surface area contributed by atoms with Crippen LogP contribution < -0.4 is 0 Å². The van der Waals surface area contributed by atoms with E-state index in [0.29, 0.717) is 6.61 Å². The highest BCUT2D eigenvalue weighted by molar-refractivity contribution is 5.89. The second-order valence-electron chi connectivity index (χ2n) is 7.38. The summed E-state index contributed by atoms with van der Waals surface area (Å²) in [5.74, 6) is -1.47. The maximum absolute atomic E-state index is 11.6. The van der Waals surface area contributed by atoms with Crippen molar-refractivity contribution in [3.63, 3.8) is 0 Å². The van der Waals surface area contributed by atoms with E-state index in [0.717, 1.165) is 19.3 Å². The Balaban J connectivity index is 1.97. The summed E-state index contributed by atoms with van der Waals surface area (Å²) in [6.07, 6.45) is 13.7. The molecule has 6 heteroatoms. The lowest BCUT2D eigenvalue weighted by atomic mass is 10.0. The van der Waals surface area contributed by atoms with Crippen molar-refractivity contribution in [3.05, 3.63) is 11.5 Å². The molecule has 0 aromatic carbocycles. The van der Waals surface area contributed by atoms with Crippen molar-refractivity contribution in [1.29, 1.82) is 0 Å². The number of rotatable bonds is 17. The van der Waals surface area contributed by atoms with Gasteiger partial charge >= 0.3 is 5.97 Å². The van der Waals surface area contributed by atoms with Crippen LogP contribution in [0, 0.1) is 0 Å². The van der Waals surface area contributed by atoms with Crippen molar-refractivity contribution in [2.24, 2.45) is 0 Å². The summed E-state index contributed by atoms with van der Waals surface area (Å²) in [5.41, 5.74) is 0. The molecular formula is C21H38O6. The van der Waals surface area contributed by atoms with Crippen LogP contribution in [-0.2, 0) is 14.3 Å². The number of unbranched alkanes of at least 4 members (excludes halogenated alkanes) is 12. The number of hydrogen-bond donors (Lipinski definition) is 3. The summed E-state index contributed by atoms with van der Waals surface area (Å²) in [7, 11) is 0. The average molecular weight is 387 g/mol. The number of cyclic esters (lactones) is 1. The fourth-order valence-corrected chi connectivity index (χ4v) is 3.24. The molecular weight excluding hydrogens is 348 g/mol. The van der Waals surface area contributed by atoms with Crippen molar-refractivity contribution in [3.8, 4) is 0 Å². The number of aliphatic hydroxyl groups is 3. The van der Waals surface area contributed by atoms with E-state index in [-0.39, 0.29) is 5.76 Å². The Morgan fingerprint density at radius 1 is 0.926 bits per heavy atom. The number of esters is 1. The van der Waals surface area contributed by atoms with Crippen LogP contribution >= 0.6 is 0 Å². The molecule has 0 radical (unpaired) electrons. The van der Waals surface area contributed by atoms with Gasteiger partial charge in [-0.3, -0.25) is 0 Å². The zero-order valence-electron chi connectivity index (χ0n) is 16.8. The van der Waals surface area contributed by atoms with Gasteiger partial charge in [-0.25, -0.2) is 4.79 Å². The second-order valence-corrected chi connectivity index (χ2v) is 7.38. The van der Waals surface area contributed by atoms with Crippen molar-refractivity contribution >= 4 is 5.97 Å². The Hall–Kier alpha value is -1.27. The SMILES string of the molecule is CCCCCCCCCCCCCCCOC1=C(O)[C@@H]([C@@H](O)CO)OC1=O. The molecule has 0 fully saturated rings. The van der Waals surface area contributed by atoms with Gasteiger partial charge in [0.15, 0.2) is 11.9 Å². The minimum absolute atomic E-state index is 0.244. The smallest absolute Gasteiger partial charge is 0.378 e. The topological polar surface area (TPSA) is 96.2 Å². The van der Waals surface area contributed by atoms with Gasteiger partial charge in [-0.1, -0.05) is 84.0 Å². The summed E-state index contributed by atoms with van der Waals surface area (Å²) in [6, 6.07) is 0. The second kappa shape index (κ2) is 14.7. The molecule has 1 rings (SSSR count). The normalized spacial score (nSPS) is 18.0. The quantitative estimate of drug-likeness (QED) is 0.257. The van der Waals surface area contributed by atoms with E-state index >= 15 is 0 Å². The summed E-state index contributed by atoms with van der Waals surface area (Å²) >= 11 is 0. The lowest BCUT2D eigenvalue weighted by Crippen LogP contribution is -2.31. The van der Waals surface area contributed by atoms with Gasteiger partial charge in [0.25, 0.3) is 0 Å². The first-order valence-electron chi connectivity index (χ1n) is 10.7. The molecule has 0 bridgehead atoms. The minimum atomic E-state index is -1.34. The van der Waals surface area contributed by atoms with Crippen molar-refractivity contribution in [2.75, 3.05) is 13.2 Å². The van der Waals surface area contributed by atoms with Crippen LogP contribution in [0.15, 0.2) is 11.5 Å². The van der Waals surface area contributed by atoms with Gasteiger partial charge in [0.05, 0.1) is 13.2 Å². The molecule has 3 N–H and O–H groups in total. The maximum atomic E-state index is 11.6. The van der Waals surface area contributed by atoms with Crippen molar-refractivity contribution in [1.82, 2.24) is 0 Å². The van der Waals surface area contributed by atoms with Gasteiger partial charge in [-0.05, 0) is 6.42 Å². The van der Waals surface area contributed by atoms with Gasteiger partial charge in [0, 0.05) is 0 Å². The molecule has 0 unspecified atom stereocenters. The molecule has 0 aromatic heterocycles. The Kier molecular flexibility index (Phi) is 13.0. The molecule has 1 aliphatic heterocycles. The standard InChI is InChI=1S/C21H38O6/c1-2-3-4-5-6-7-8-9-10-11-12-13-14-15-26-20-18(24)19(17(23)16-22)27-21(20)25/h17,19,22-24H,2-16H2,1H3/t17-,19+/m0/s1. The van der Waals surface area contributed by atoms with Crippen LogP contribution in [0.2, 0.25) is 0 Å². The summed E-state index contributed by atoms with van der Waals surface area (Å²) in [6.45, 7) is 1.97. The summed E-state index contributed by atoms with van der Waals surface area (Å²) in [4.78, 5) is 11.6. The average Bonchev–Trinajstić information content (AvgIpc) is 2.95. The Labute approximate surface area is 163 Å². The van der Waals surface area contributed by atoms with Gasteiger partial charge in [0.2, 0.25) is 5.76 Å². The number of carbonyl (C=O) groups is 1. The Bertz CT molecular complexity index is 434. The third-order valence-electron chi connectivity index (χ3n) is 4.95. The molecule has 6 nitrogen and oxygen atoms in total. The van der Waals surface area contributed by atoms with E-state index in [9.17, 15) is 15.0 Å². The van der Waals surface area contributed by atoms with E-state index in [2.05, 4.69) is 6.92 Å². The number of aliphatic hydroxyl groups excluding tert-OH is 3. The lowest BCUT2D eigenvalue weighted by molar-refractivity contribution is -0.148. The number of ether oxygens (including phenoxy) is 2. The first-order chi connectivity index (χ1) is 13.1. The van der Waals surface area contributed by atoms with Gasteiger partial charge in [-0.2, -0.15) is 0 Å². The third-order valence-corrected chi connectivity index (χ3v) is 4.95. The van der Waals surface area contributed by atoms with Gasteiger partial charge in [0.1, 0.15) is 6.10 Å².